The van der Waals surface area contributed by atoms with Gasteiger partial charge < -0.3 is 39.0 Å². The highest BCUT2D eigenvalue weighted by Crippen LogP contribution is 2.36. The number of hydrogen-bond acceptors (Lipinski definition) is 21. The summed E-state index contributed by atoms with van der Waals surface area (Å²) < 4.78 is 24.5. The molecule has 11 rings (SSSR count). The quantitative estimate of drug-likeness (QED) is 0.0488. The van der Waals surface area contributed by atoms with Crippen molar-refractivity contribution in [2.24, 2.45) is 0 Å². The predicted octanol–water partition coefficient (Wildman–Crippen LogP) is 16.6. The van der Waals surface area contributed by atoms with E-state index in [1.807, 2.05) is 0 Å². The number of halogens is 11. The van der Waals surface area contributed by atoms with E-state index in [1.54, 1.807) is 91.0 Å². The SMILES string of the molecule is COC(=O)c1ncnc(-c2ccc(Cl)c(Cl)c2)c1CBr.COCc1c(C(=O)O)ncnc1-c1ccc(Cl)c(Cl)c1.COCc1c(C(=O)OC)ncnc1-c1ccc(Cl)c(Cl)c1.O=C(O)c1ncnc(-c2ccc(Cl)c(Cl)c2)c1CO.O=C1OCc2c1ncnc2-c1ccc(Cl)c(Cl)c1. The highest BCUT2D eigenvalue weighted by molar-refractivity contribution is 9.08. The number of nitrogens with zero attached hydrogens (tertiary/aromatic N) is 10. The van der Waals surface area contributed by atoms with Crippen LogP contribution in [-0.2, 0) is 55.4 Å². The third-order valence-corrected chi connectivity index (χ3v) is 17.5. The Bertz CT molecular complexity index is 4650. The van der Waals surface area contributed by atoms with Gasteiger partial charge in [-0.2, -0.15) is 0 Å². The summed E-state index contributed by atoms with van der Waals surface area (Å²) in [5.41, 5.74) is 8.75. The fourth-order valence-electron chi connectivity index (χ4n) is 8.79. The van der Waals surface area contributed by atoms with Crippen molar-refractivity contribution in [3.8, 4) is 56.3 Å². The molecule has 1 aliphatic heterocycles. The van der Waals surface area contributed by atoms with Crippen LogP contribution in [0.1, 0.15) is 80.3 Å². The summed E-state index contributed by atoms with van der Waals surface area (Å²) >= 11 is 62.6. The largest absolute Gasteiger partial charge is 0.476 e. The minimum atomic E-state index is -1.23. The first-order valence-electron chi connectivity index (χ1n) is 27.3. The van der Waals surface area contributed by atoms with Gasteiger partial charge in [-0.1, -0.05) is 162 Å². The van der Waals surface area contributed by atoms with E-state index >= 15 is 0 Å². The van der Waals surface area contributed by atoms with Crippen LogP contribution in [0.3, 0.4) is 0 Å². The molecule has 98 heavy (non-hydrogen) atoms. The molecule has 5 aromatic heterocycles. The number of aromatic carboxylic acids is 2. The van der Waals surface area contributed by atoms with Crippen molar-refractivity contribution in [2.75, 3.05) is 28.4 Å². The van der Waals surface area contributed by atoms with Gasteiger partial charge in [0.25, 0.3) is 0 Å². The normalized spacial score (nSPS) is 11.0. The maximum absolute atomic E-state index is 11.8. The topological polar surface area (TPSA) is 321 Å². The molecule has 0 atom stereocenters. The van der Waals surface area contributed by atoms with Gasteiger partial charge in [0, 0.05) is 75.2 Å². The minimum absolute atomic E-state index is 0.0814. The van der Waals surface area contributed by atoms with E-state index in [-0.39, 0.29) is 48.2 Å². The average molecular weight is 1600 g/mol. The zero-order chi connectivity index (χ0) is 71.5. The lowest BCUT2D eigenvalue weighted by atomic mass is 10.0. The van der Waals surface area contributed by atoms with Crippen molar-refractivity contribution in [3.05, 3.63) is 229 Å². The number of rotatable bonds is 15. The highest BCUT2D eigenvalue weighted by Gasteiger charge is 2.28. The first kappa shape index (κ1) is 77.5. The lowest BCUT2D eigenvalue weighted by Gasteiger charge is -2.11. The number of carboxylic acids is 2. The van der Waals surface area contributed by atoms with Crippen molar-refractivity contribution in [3.63, 3.8) is 0 Å². The summed E-state index contributed by atoms with van der Waals surface area (Å²) in [6, 6.07) is 25.2. The molecule has 0 aliphatic carbocycles. The molecule has 0 unspecified atom stereocenters. The molecule has 0 spiro atoms. The molecule has 0 bridgehead atoms. The fourth-order valence-corrected chi connectivity index (χ4v) is 10.8. The lowest BCUT2D eigenvalue weighted by molar-refractivity contribution is 0.0528. The zero-order valence-electron chi connectivity index (χ0n) is 50.6. The van der Waals surface area contributed by atoms with Gasteiger partial charge in [0.1, 0.15) is 38.2 Å². The number of aromatic nitrogens is 10. The van der Waals surface area contributed by atoms with E-state index in [0.717, 1.165) is 17.5 Å². The Morgan fingerprint density at radius 2 is 0.694 bits per heavy atom. The van der Waals surface area contributed by atoms with E-state index < -0.39 is 36.5 Å². The molecule has 506 valence electrons. The molecule has 0 saturated carbocycles. The number of methoxy groups -OCH3 is 4. The van der Waals surface area contributed by atoms with Crippen LogP contribution in [0.4, 0.5) is 0 Å². The molecular weight excluding hydrogens is 1550 g/mol. The van der Waals surface area contributed by atoms with Crippen molar-refractivity contribution in [1.29, 1.82) is 0 Å². The maximum Gasteiger partial charge on any atom is 0.357 e. The molecule has 5 aromatic carbocycles. The second kappa shape index (κ2) is 36.8. The van der Waals surface area contributed by atoms with Crippen LogP contribution in [0.5, 0.6) is 0 Å². The van der Waals surface area contributed by atoms with Gasteiger partial charge in [0.05, 0.1) is 113 Å². The van der Waals surface area contributed by atoms with Crippen LogP contribution in [-0.4, -0.2) is 123 Å². The molecule has 0 amide bonds. The molecule has 3 N–H and O–H groups in total. The minimum Gasteiger partial charge on any atom is -0.476 e. The van der Waals surface area contributed by atoms with Crippen molar-refractivity contribution < 1.29 is 63.0 Å². The molecule has 0 fully saturated rings. The van der Waals surface area contributed by atoms with Crippen LogP contribution in [0, 0.1) is 0 Å². The summed E-state index contributed by atoms with van der Waals surface area (Å²) in [4.78, 5) is 97.2. The molecule has 6 heterocycles. The monoisotopic (exact) mass is 1590 g/mol. The smallest absolute Gasteiger partial charge is 0.357 e. The van der Waals surface area contributed by atoms with Crippen molar-refractivity contribution >= 4 is 162 Å². The van der Waals surface area contributed by atoms with Crippen LogP contribution in [0.25, 0.3) is 56.3 Å². The number of carboxylic acid groups (broad SMARTS) is 2. The predicted molar refractivity (Wildman–Crippen MR) is 373 cm³/mol. The number of benzene rings is 5. The van der Waals surface area contributed by atoms with E-state index in [2.05, 4.69) is 65.8 Å². The van der Waals surface area contributed by atoms with Gasteiger partial charge in [-0.15, -0.1) is 0 Å². The van der Waals surface area contributed by atoms with Crippen molar-refractivity contribution in [1.82, 2.24) is 49.8 Å². The number of carbonyl (C=O) groups is 5. The number of fused-ring (bicyclic) bond motifs is 1. The molecule has 0 saturated heterocycles. The number of alkyl halides is 1. The Kier molecular flexibility index (Phi) is 29.1. The fraction of sp³-hybridized carbons (Fsp3) is 0.141. The number of ether oxygens (including phenoxy) is 5. The van der Waals surface area contributed by atoms with E-state index in [1.165, 1.54) is 53.7 Å². The van der Waals surface area contributed by atoms with Gasteiger partial charge in [-0.05, 0) is 60.7 Å². The molecule has 10 aromatic rings. The molecule has 0 radical (unpaired) electrons. The Balaban J connectivity index is 0.000000173. The molecule has 23 nitrogen and oxygen atoms in total. The second-order valence-corrected chi connectivity index (χ2v) is 23.9. The Morgan fingerprint density at radius 3 is 1.02 bits per heavy atom. The average Bonchev–Trinajstić information content (AvgIpc) is 1.43. The van der Waals surface area contributed by atoms with Gasteiger partial charge in [-0.3, -0.25) is 0 Å². The van der Waals surface area contributed by atoms with Crippen LogP contribution in [0.2, 0.25) is 50.2 Å². The van der Waals surface area contributed by atoms with Crippen LogP contribution < -0.4 is 0 Å². The van der Waals surface area contributed by atoms with Crippen molar-refractivity contribution in [2.45, 2.75) is 31.8 Å². The third kappa shape index (κ3) is 19.3. The second-order valence-electron chi connectivity index (χ2n) is 19.2. The number of aliphatic hydroxyl groups is 1. The van der Waals surface area contributed by atoms with Gasteiger partial charge in [0.15, 0.2) is 28.5 Å². The van der Waals surface area contributed by atoms with Crippen LogP contribution in [0.15, 0.2) is 123 Å². The van der Waals surface area contributed by atoms with E-state index in [0.29, 0.717) is 129 Å². The first-order chi connectivity index (χ1) is 46.9. The number of carbonyl (C=O) groups excluding carboxylic acids is 3. The Labute approximate surface area is 615 Å². The molecule has 1 aliphatic rings. The molecular formula is C64H45BrCl10N10O13. The van der Waals surface area contributed by atoms with Gasteiger partial charge >= 0.3 is 29.8 Å². The molecule has 34 heteroatoms. The summed E-state index contributed by atoms with van der Waals surface area (Å²) in [7, 11) is 5.59. The van der Waals surface area contributed by atoms with Gasteiger partial charge in [0.2, 0.25) is 0 Å². The summed E-state index contributed by atoms with van der Waals surface area (Å²) in [5.74, 6) is -3.85. The summed E-state index contributed by atoms with van der Waals surface area (Å²) in [6.07, 6.45) is 6.27. The highest BCUT2D eigenvalue weighted by atomic mass is 79.9. The number of cyclic esters (lactones) is 1. The standard InChI is InChI=1S/C14H12Cl2N2O3.C13H9BrCl2N2O2.C13H10Cl2N2O3.C12H8Cl2N2O3.C12H6Cl2N2O2/c1-20-6-9-12(8-3-4-10(15)11(16)5-8)17-7-18-13(9)14(19)21-2;1-20-13(19)12-8(5-14)11(17-6-18-12)7-2-3-9(15)10(16)4-7;1-20-5-8-11(16-6-17-12(8)13(18)19)7-2-3-9(14)10(15)4-7;13-8-2-1-6(3-9(8)14)10-7(4-17)11(12(18)19)16-5-15-10;13-8-2-1-6(3-9(8)14)10-7-4-18-12(17)11(7)16-5-15-10/h3-5,7H,6H2,1-2H3;2-4,6H,5H2,1H3;2-4,6H,5H2,1H3,(H,18,19);1-3,5,17H,4H2,(H,18,19);1-3,5H,4H2. The van der Waals surface area contributed by atoms with E-state index in [4.69, 9.17) is 150 Å². The first-order valence-corrected chi connectivity index (χ1v) is 32.2. The number of esters is 3. The van der Waals surface area contributed by atoms with Gasteiger partial charge in [-0.25, -0.2) is 73.8 Å². The zero-order valence-corrected chi connectivity index (χ0v) is 59.8. The maximum atomic E-state index is 11.8. The van der Waals surface area contributed by atoms with E-state index in [9.17, 15) is 29.1 Å². The number of aliphatic hydroxyl groups excluding tert-OH is 1. The number of hydrogen-bond donors (Lipinski definition) is 3. The summed E-state index contributed by atoms with van der Waals surface area (Å²) in [5, 5.41) is 32.0. The Hall–Kier alpha value is -7.89. The Morgan fingerprint density at radius 1 is 0.408 bits per heavy atom. The summed E-state index contributed by atoms with van der Waals surface area (Å²) in [6.45, 7) is -0.0540. The van der Waals surface area contributed by atoms with Crippen LogP contribution >= 0.6 is 132 Å². The third-order valence-electron chi connectivity index (χ3n) is 13.3. The lowest BCUT2D eigenvalue weighted by Crippen LogP contribution is -2.11.